The first kappa shape index (κ1) is 18.5. The molecule has 2 N–H and O–H groups in total. The maximum Gasteiger partial charge on any atom is 0.267 e. The lowest BCUT2D eigenvalue weighted by Gasteiger charge is -2.07. The van der Waals surface area contributed by atoms with Gasteiger partial charge in [-0.05, 0) is 30.3 Å². The van der Waals surface area contributed by atoms with Crippen LogP contribution in [0.25, 0.3) is 10.6 Å². The van der Waals surface area contributed by atoms with Crippen molar-refractivity contribution in [3.8, 4) is 10.6 Å². The Balaban J connectivity index is 1.46. The number of benzene rings is 2. The summed E-state index contributed by atoms with van der Waals surface area (Å²) < 4.78 is 0. The van der Waals surface area contributed by atoms with Crippen molar-refractivity contribution >= 4 is 34.5 Å². The number of carbonyl (C=O) groups is 2. The monoisotopic (exact) mass is 400 g/mol. The van der Waals surface area contributed by atoms with Gasteiger partial charge in [0.05, 0.1) is 6.20 Å². The fourth-order valence-corrected chi connectivity index (χ4v) is 3.48. The summed E-state index contributed by atoms with van der Waals surface area (Å²) in [7, 11) is 0. The minimum absolute atomic E-state index is 0.267. The van der Waals surface area contributed by atoms with Gasteiger partial charge in [-0.1, -0.05) is 36.4 Å². The summed E-state index contributed by atoms with van der Waals surface area (Å²) in [4.78, 5) is 33.8. The molecule has 2 heterocycles. The maximum absolute atomic E-state index is 12.6. The molecule has 0 fully saturated rings. The lowest BCUT2D eigenvalue weighted by Crippen LogP contribution is -2.14. The van der Waals surface area contributed by atoms with Crippen molar-refractivity contribution in [3.63, 3.8) is 0 Å². The van der Waals surface area contributed by atoms with Crippen molar-refractivity contribution in [2.24, 2.45) is 0 Å². The standard InChI is InChI=1S/C22H16N4O2S/c27-20(25-17-9-11-23-12-10-17)16-7-4-8-18(13-16)26-21(28)19-14-24-22(29-19)15-5-2-1-3-6-15/h1-14H,(H,26,28)(H,23,25,27). The SMILES string of the molecule is O=C(Nc1ccncc1)c1cccc(NC(=O)c2cnc(-c3ccccc3)s2)c1. The molecule has 0 aliphatic rings. The number of thiazole rings is 1. The van der Waals surface area contributed by atoms with Crippen molar-refractivity contribution in [3.05, 3.63) is 95.8 Å². The van der Waals surface area contributed by atoms with Gasteiger partial charge in [0.15, 0.2) is 0 Å². The van der Waals surface area contributed by atoms with Crippen LogP contribution in [-0.4, -0.2) is 21.8 Å². The lowest BCUT2D eigenvalue weighted by atomic mass is 10.2. The highest BCUT2D eigenvalue weighted by molar-refractivity contribution is 7.17. The van der Waals surface area contributed by atoms with Gasteiger partial charge < -0.3 is 10.6 Å². The van der Waals surface area contributed by atoms with E-state index in [0.29, 0.717) is 21.8 Å². The van der Waals surface area contributed by atoms with Crippen LogP contribution in [0.3, 0.4) is 0 Å². The number of amides is 2. The average molecular weight is 400 g/mol. The first-order chi connectivity index (χ1) is 14.2. The topological polar surface area (TPSA) is 84.0 Å². The van der Waals surface area contributed by atoms with E-state index in [1.54, 1.807) is 55.0 Å². The van der Waals surface area contributed by atoms with E-state index in [-0.39, 0.29) is 11.8 Å². The molecule has 2 aromatic heterocycles. The molecule has 2 amide bonds. The molecule has 0 spiro atoms. The summed E-state index contributed by atoms with van der Waals surface area (Å²) >= 11 is 1.32. The van der Waals surface area contributed by atoms with Crippen molar-refractivity contribution in [2.75, 3.05) is 10.6 Å². The number of hydrogen-bond donors (Lipinski definition) is 2. The molecule has 29 heavy (non-hydrogen) atoms. The van der Waals surface area contributed by atoms with Gasteiger partial charge in [0, 0.05) is 34.9 Å². The Morgan fingerprint density at radius 2 is 1.55 bits per heavy atom. The molecule has 0 atom stereocenters. The molecule has 0 bridgehead atoms. The van der Waals surface area contributed by atoms with E-state index in [4.69, 9.17) is 0 Å². The number of nitrogens with one attached hydrogen (secondary N) is 2. The molecular weight excluding hydrogens is 384 g/mol. The fourth-order valence-electron chi connectivity index (χ4n) is 2.66. The Morgan fingerprint density at radius 3 is 2.34 bits per heavy atom. The molecule has 0 saturated carbocycles. The number of aromatic nitrogens is 2. The van der Waals surface area contributed by atoms with Crippen LogP contribution in [0.2, 0.25) is 0 Å². The summed E-state index contributed by atoms with van der Waals surface area (Å²) in [6, 6.07) is 19.9. The van der Waals surface area contributed by atoms with Crippen LogP contribution >= 0.6 is 11.3 Å². The molecule has 142 valence electrons. The number of carbonyl (C=O) groups excluding carboxylic acids is 2. The van der Waals surface area contributed by atoms with Crippen LogP contribution < -0.4 is 10.6 Å². The molecule has 4 rings (SSSR count). The summed E-state index contributed by atoms with van der Waals surface area (Å²) in [5.74, 6) is -0.534. The second-order valence-electron chi connectivity index (χ2n) is 6.12. The van der Waals surface area contributed by atoms with Gasteiger partial charge in [0.2, 0.25) is 0 Å². The predicted molar refractivity (Wildman–Crippen MR) is 114 cm³/mol. The largest absolute Gasteiger partial charge is 0.322 e. The zero-order valence-corrected chi connectivity index (χ0v) is 16.0. The highest BCUT2D eigenvalue weighted by Crippen LogP contribution is 2.25. The summed E-state index contributed by atoms with van der Waals surface area (Å²) in [6.07, 6.45) is 4.76. The molecule has 0 saturated heterocycles. The fraction of sp³-hybridized carbons (Fsp3) is 0. The number of rotatable bonds is 5. The van der Waals surface area contributed by atoms with Crippen LogP contribution in [0.4, 0.5) is 11.4 Å². The molecular formula is C22H16N4O2S. The second-order valence-corrected chi connectivity index (χ2v) is 7.15. The first-order valence-corrected chi connectivity index (χ1v) is 9.65. The van der Waals surface area contributed by atoms with E-state index >= 15 is 0 Å². The van der Waals surface area contributed by atoms with E-state index in [1.807, 2.05) is 30.3 Å². The highest BCUT2D eigenvalue weighted by atomic mass is 32.1. The van der Waals surface area contributed by atoms with Gasteiger partial charge in [0.1, 0.15) is 9.88 Å². The summed E-state index contributed by atoms with van der Waals surface area (Å²) in [5, 5.41) is 6.39. The number of pyridine rings is 1. The Morgan fingerprint density at radius 1 is 0.793 bits per heavy atom. The normalized spacial score (nSPS) is 10.3. The van der Waals surface area contributed by atoms with Crippen LogP contribution in [0.5, 0.6) is 0 Å². The molecule has 0 radical (unpaired) electrons. The summed E-state index contributed by atoms with van der Waals surface area (Å²) in [5.41, 5.74) is 2.59. The smallest absolute Gasteiger partial charge is 0.267 e. The Hall–Kier alpha value is -3.84. The molecule has 0 unspecified atom stereocenters. The second kappa shape index (κ2) is 8.45. The molecule has 6 nitrogen and oxygen atoms in total. The van der Waals surface area contributed by atoms with E-state index in [0.717, 1.165) is 10.6 Å². The molecule has 0 aliphatic heterocycles. The van der Waals surface area contributed by atoms with Gasteiger partial charge in [0.25, 0.3) is 11.8 Å². The van der Waals surface area contributed by atoms with Crippen molar-refractivity contribution < 1.29 is 9.59 Å². The van der Waals surface area contributed by atoms with E-state index < -0.39 is 0 Å². The molecule has 4 aromatic rings. The Kier molecular flexibility index (Phi) is 5.40. The quantitative estimate of drug-likeness (QED) is 0.508. The molecule has 7 heteroatoms. The third-order valence-corrected chi connectivity index (χ3v) is 5.12. The average Bonchev–Trinajstić information content (AvgIpc) is 3.26. The van der Waals surface area contributed by atoms with Gasteiger partial charge in [-0.2, -0.15) is 0 Å². The van der Waals surface area contributed by atoms with Crippen molar-refractivity contribution in [2.45, 2.75) is 0 Å². The highest BCUT2D eigenvalue weighted by Gasteiger charge is 2.13. The zero-order valence-electron chi connectivity index (χ0n) is 15.2. The van der Waals surface area contributed by atoms with Crippen LogP contribution in [0.1, 0.15) is 20.0 Å². The van der Waals surface area contributed by atoms with E-state index in [2.05, 4.69) is 20.6 Å². The summed E-state index contributed by atoms with van der Waals surface area (Å²) in [6.45, 7) is 0. The Bertz CT molecular complexity index is 1140. The van der Waals surface area contributed by atoms with Crippen molar-refractivity contribution in [1.29, 1.82) is 0 Å². The maximum atomic E-state index is 12.6. The van der Waals surface area contributed by atoms with E-state index in [1.165, 1.54) is 11.3 Å². The number of hydrogen-bond acceptors (Lipinski definition) is 5. The van der Waals surface area contributed by atoms with Crippen molar-refractivity contribution in [1.82, 2.24) is 9.97 Å². The lowest BCUT2D eigenvalue weighted by molar-refractivity contribution is 0.101. The minimum atomic E-state index is -0.267. The zero-order chi connectivity index (χ0) is 20.1. The number of nitrogens with zero attached hydrogens (tertiary/aromatic N) is 2. The van der Waals surface area contributed by atoms with Crippen LogP contribution in [0, 0.1) is 0 Å². The van der Waals surface area contributed by atoms with E-state index in [9.17, 15) is 9.59 Å². The third kappa shape index (κ3) is 4.53. The van der Waals surface area contributed by atoms with Gasteiger partial charge in [-0.25, -0.2) is 4.98 Å². The number of anilines is 2. The predicted octanol–water partition coefficient (Wildman–Crippen LogP) is 4.71. The molecule has 0 aliphatic carbocycles. The first-order valence-electron chi connectivity index (χ1n) is 8.83. The van der Waals surface area contributed by atoms with Crippen LogP contribution in [-0.2, 0) is 0 Å². The van der Waals surface area contributed by atoms with Gasteiger partial charge >= 0.3 is 0 Å². The Labute approximate surface area is 171 Å². The van der Waals surface area contributed by atoms with Crippen LogP contribution in [0.15, 0.2) is 85.3 Å². The third-order valence-electron chi connectivity index (χ3n) is 4.07. The molecule has 2 aromatic carbocycles. The van der Waals surface area contributed by atoms with Gasteiger partial charge in [-0.3, -0.25) is 14.6 Å². The minimum Gasteiger partial charge on any atom is -0.322 e. The van der Waals surface area contributed by atoms with Gasteiger partial charge in [-0.15, -0.1) is 11.3 Å².